The molecule has 2 aromatic rings. The Morgan fingerprint density at radius 2 is 1.92 bits per heavy atom. The van der Waals surface area contributed by atoms with E-state index in [-0.39, 0.29) is 17.9 Å². The third kappa shape index (κ3) is 2.77. The van der Waals surface area contributed by atoms with Gasteiger partial charge < -0.3 is 5.32 Å². The summed E-state index contributed by atoms with van der Waals surface area (Å²) < 4.78 is 37.5. The van der Waals surface area contributed by atoms with Crippen LogP contribution in [0.2, 0.25) is 0 Å². The van der Waals surface area contributed by atoms with E-state index >= 15 is 0 Å². The molecule has 0 unspecified atom stereocenters. The van der Waals surface area contributed by atoms with Gasteiger partial charge in [0.15, 0.2) is 5.82 Å². The molecule has 0 atom stereocenters. The lowest BCUT2D eigenvalue weighted by molar-refractivity contribution is -0.145. The van der Waals surface area contributed by atoms with Gasteiger partial charge in [0, 0.05) is 18.6 Å². The van der Waals surface area contributed by atoms with Crippen molar-refractivity contribution in [2.24, 2.45) is 0 Å². The first kappa shape index (κ1) is 15.8. The number of fused-ring (bicyclic) bond motifs is 1. The maximum Gasteiger partial charge on any atom is 0.451 e. The second-order valence-corrected chi connectivity index (χ2v) is 5.06. The van der Waals surface area contributed by atoms with Gasteiger partial charge in [-0.2, -0.15) is 13.2 Å². The Hall–Kier alpha value is -3.04. The van der Waals surface area contributed by atoms with Crippen molar-refractivity contribution in [2.45, 2.75) is 13.1 Å². The quantitative estimate of drug-likeness (QED) is 0.857. The molecule has 0 fully saturated rings. The SMILES string of the molecule is Cc1ccnc2c1NC(=O)CN2C(=O)c1cnc(C(F)(F)F)nc1. The van der Waals surface area contributed by atoms with E-state index in [9.17, 15) is 22.8 Å². The van der Waals surface area contributed by atoms with E-state index in [0.717, 1.165) is 17.3 Å². The zero-order valence-electron chi connectivity index (χ0n) is 12.3. The van der Waals surface area contributed by atoms with Crippen LogP contribution in [-0.2, 0) is 11.0 Å². The van der Waals surface area contributed by atoms with E-state index in [1.807, 2.05) is 0 Å². The van der Waals surface area contributed by atoms with Gasteiger partial charge in [-0.1, -0.05) is 0 Å². The van der Waals surface area contributed by atoms with Gasteiger partial charge in [-0.05, 0) is 18.6 Å². The predicted molar refractivity (Wildman–Crippen MR) is 76.3 cm³/mol. The fourth-order valence-corrected chi connectivity index (χ4v) is 2.21. The van der Waals surface area contributed by atoms with Crippen molar-refractivity contribution in [2.75, 3.05) is 16.8 Å². The minimum absolute atomic E-state index is 0.174. The summed E-state index contributed by atoms with van der Waals surface area (Å²) in [6, 6.07) is 1.66. The molecule has 0 aliphatic carbocycles. The van der Waals surface area contributed by atoms with Crippen molar-refractivity contribution in [3.63, 3.8) is 0 Å². The summed E-state index contributed by atoms with van der Waals surface area (Å²) >= 11 is 0. The molecule has 2 aromatic heterocycles. The van der Waals surface area contributed by atoms with E-state index in [1.165, 1.54) is 6.20 Å². The maximum atomic E-state index is 12.5. The van der Waals surface area contributed by atoms with E-state index in [4.69, 9.17) is 0 Å². The van der Waals surface area contributed by atoms with Crippen LogP contribution in [0.1, 0.15) is 21.7 Å². The summed E-state index contributed by atoms with van der Waals surface area (Å²) in [5.41, 5.74) is 0.913. The van der Waals surface area contributed by atoms with Crippen LogP contribution < -0.4 is 10.2 Å². The Kier molecular flexibility index (Phi) is 3.66. The summed E-state index contributed by atoms with van der Waals surface area (Å²) in [5.74, 6) is -2.26. The lowest BCUT2D eigenvalue weighted by Crippen LogP contribution is -2.43. The normalized spacial score (nSPS) is 14.2. The van der Waals surface area contributed by atoms with Crippen LogP contribution in [0.15, 0.2) is 24.7 Å². The van der Waals surface area contributed by atoms with Crippen molar-refractivity contribution < 1.29 is 22.8 Å². The molecular weight excluding hydrogens is 327 g/mol. The Labute approximate surface area is 133 Å². The van der Waals surface area contributed by atoms with Gasteiger partial charge in [-0.3, -0.25) is 14.5 Å². The Morgan fingerprint density at radius 1 is 1.25 bits per heavy atom. The van der Waals surface area contributed by atoms with Crippen molar-refractivity contribution >= 4 is 23.3 Å². The second-order valence-electron chi connectivity index (χ2n) is 5.06. The molecule has 10 heteroatoms. The van der Waals surface area contributed by atoms with Crippen molar-refractivity contribution in [3.8, 4) is 0 Å². The summed E-state index contributed by atoms with van der Waals surface area (Å²) in [7, 11) is 0. The summed E-state index contributed by atoms with van der Waals surface area (Å²) in [6.45, 7) is 1.43. The zero-order valence-corrected chi connectivity index (χ0v) is 12.3. The third-order valence-electron chi connectivity index (χ3n) is 3.36. The number of anilines is 2. The van der Waals surface area contributed by atoms with Crippen LogP contribution in [0, 0.1) is 6.92 Å². The number of halogens is 3. The molecule has 124 valence electrons. The molecule has 0 saturated heterocycles. The second kappa shape index (κ2) is 5.55. The minimum atomic E-state index is -4.70. The molecule has 0 bridgehead atoms. The first-order valence-corrected chi connectivity index (χ1v) is 6.74. The highest BCUT2D eigenvalue weighted by Crippen LogP contribution is 2.31. The van der Waals surface area contributed by atoms with Gasteiger partial charge in [0.05, 0.1) is 11.3 Å². The smallest absolute Gasteiger partial charge is 0.321 e. The Morgan fingerprint density at radius 3 is 2.54 bits per heavy atom. The first-order chi connectivity index (χ1) is 11.3. The lowest BCUT2D eigenvalue weighted by atomic mass is 10.1. The summed E-state index contributed by atoms with van der Waals surface area (Å²) in [5, 5.41) is 2.62. The standard InChI is InChI=1S/C14H10F3N5O2/c1-7-2-3-18-11-10(7)21-9(23)6-22(11)12(24)8-4-19-13(20-5-8)14(15,16)17/h2-5H,6H2,1H3,(H,21,23). The average Bonchev–Trinajstić information content (AvgIpc) is 2.54. The lowest BCUT2D eigenvalue weighted by Gasteiger charge is -2.28. The van der Waals surface area contributed by atoms with Crippen LogP contribution >= 0.6 is 0 Å². The molecular formula is C14H10F3N5O2. The average molecular weight is 337 g/mol. The molecule has 2 amide bonds. The number of pyridine rings is 1. The molecule has 1 aliphatic heterocycles. The number of hydrogen-bond donors (Lipinski definition) is 1. The molecule has 0 aromatic carbocycles. The number of carbonyl (C=O) groups excluding carboxylic acids is 2. The van der Waals surface area contributed by atoms with Crippen LogP contribution in [0.5, 0.6) is 0 Å². The van der Waals surface area contributed by atoms with Gasteiger partial charge in [0.1, 0.15) is 6.54 Å². The van der Waals surface area contributed by atoms with Crippen molar-refractivity contribution in [1.82, 2.24) is 15.0 Å². The number of hydrogen-bond acceptors (Lipinski definition) is 5. The Balaban J connectivity index is 1.96. The van der Waals surface area contributed by atoms with Gasteiger partial charge in [-0.25, -0.2) is 15.0 Å². The molecule has 1 aliphatic rings. The first-order valence-electron chi connectivity index (χ1n) is 6.74. The maximum absolute atomic E-state index is 12.5. The minimum Gasteiger partial charge on any atom is -0.321 e. The van der Waals surface area contributed by atoms with Crippen LogP contribution in [0.4, 0.5) is 24.7 Å². The van der Waals surface area contributed by atoms with Gasteiger partial charge in [-0.15, -0.1) is 0 Å². The monoisotopic (exact) mass is 337 g/mol. The molecule has 0 radical (unpaired) electrons. The number of nitrogens with zero attached hydrogens (tertiary/aromatic N) is 4. The predicted octanol–water partition coefficient (Wildman–Crippen LogP) is 1.80. The van der Waals surface area contributed by atoms with Gasteiger partial charge in [0.2, 0.25) is 11.7 Å². The third-order valence-corrected chi connectivity index (χ3v) is 3.36. The number of alkyl halides is 3. The van der Waals surface area contributed by atoms with E-state index in [2.05, 4.69) is 20.3 Å². The number of rotatable bonds is 1. The zero-order chi connectivity index (χ0) is 17.5. The molecule has 3 rings (SSSR count). The molecule has 24 heavy (non-hydrogen) atoms. The largest absolute Gasteiger partial charge is 0.451 e. The number of carbonyl (C=O) groups is 2. The van der Waals surface area contributed by atoms with E-state index in [1.54, 1.807) is 13.0 Å². The highest BCUT2D eigenvalue weighted by molar-refractivity contribution is 6.14. The summed E-state index contributed by atoms with van der Waals surface area (Å²) in [4.78, 5) is 35.8. The van der Waals surface area contributed by atoms with Gasteiger partial charge >= 0.3 is 6.18 Å². The number of nitrogens with one attached hydrogen (secondary N) is 1. The van der Waals surface area contributed by atoms with Crippen LogP contribution in [0.25, 0.3) is 0 Å². The fraction of sp³-hybridized carbons (Fsp3) is 0.214. The fourth-order valence-electron chi connectivity index (χ4n) is 2.21. The molecule has 0 saturated carbocycles. The molecule has 0 spiro atoms. The topological polar surface area (TPSA) is 88.1 Å². The highest BCUT2D eigenvalue weighted by atomic mass is 19.4. The van der Waals surface area contributed by atoms with Crippen LogP contribution in [-0.4, -0.2) is 33.3 Å². The van der Waals surface area contributed by atoms with Gasteiger partial charge in [0.25, 0.3) is 5.91 Å². The van der Waals surface area contributed by atoms with E-state index < -0.39 is 23.8 Å². The van der Waals surface area contributed by atoms with Crippen LogP contribution in [0.3, 0.4) is 0 Å². The van der Waals surface area contributed by atoms with E-state index in [0.29, 0.717) is 11.3 Å². The molecule has 1 N–H and O–H groups in total. The number of aryl methyl sites for hydroxylation is 1. The number of amides is 2. The summed E-state index contributed by atoms with van der Waals surface area (Å²) in [6.07, 6.45) is -1.67. The highest BCUT2D eigenvalue weighted by Gasteiger charge is 2.35. The Bertz CT molecular complexity index is 820. The van der Waals surface area contributed by atoms with Crippen molar-refractivity contribution in [3.05, 3.63) is 41.6 Å². The molecule has 7 nitrogen and oxygen atoms in total. The molecule has 3 heterocycles. The number of aromatic nitrogens is 3. The van der Waals surface area contributed by atoms with Crippen molar-refractivity contribution in [1.29, 1.82) is 0 Å².